The first kappa shape index (κ1) is 8.51. The van der Waals surface area contributed by atoms with Crippen LogP contribution in [-0.2, 0) is 10.3 Å². The van der Waals surface area contributed by atoms with Gasteiger partial charge in [0.05, 0.1) is 5.69 Å². The van der Waals surface area contributed by atoms with E-state index in [2.05, 4.69) is 0 Å². The molecule has 0 saturated heterocycles. The van der Waals surface area contributed by atoms with Crippen molar-refractivity contribution in [2.45, 2.75) is 6.92 Å². The maximum absolute atomic E-state index is 10.3. The van der Waals surface area contributed by atoms with E-state index in [1.54, 1.807) is 18.4 Å². The minimum Gasteiger partial charge on any atom is -0.269 e. The van der Waals surface area contributed by atoms with E-state index in [4.69, 9.17) is 4.55 Å². The third-order valence-corrected chi connectivity index (χ3v) is 2.42. The van der Waals surface area contributed by atoms with Gasteiger partial charge in [-0.3, -0.25) is 9.27 Å². The highest BCUT2D eigenvalue weighted by Gasteiger charge is 2.06. The molecule has 0 aromatic carbocycles. The molecule has 0 fully saturated rings. The molecule has 0 aliphatic carbocycles. The zero-order valence-electron chi connectivity index (χ0n) is 5.73. The maximum atomic E-state index is 10.3. The molecule has 2 N–H and O–H groups in total. The van der Waals surface area contributed by atoms with Crippen molar-refractivity contribution >= 4 is 27.3 Å². The Kier molecular flexibility index (Phi) is 2.17. The van der Waals surface area contributed by atoms with Crippen LogP contribution in [0.25, 0.3) is 0 Å². The smallest absolute Gasteiger partial charge is 0.269 e. The second-order valence-corrected chi connectivity index (χ2v) is 4.24. The van der Waals surface area contributed by atoms with Crippen molar-refractivity contribution in [3.05, 3.63) is 16.3 Å². The normalized spacial score (nSPS) is 11.5. The van der Waals surface area contributed by atoms with Crippen molar-refractivity contribution in [2.24, 2.45) is 0 Å². The number of thiophene rings is 1. The predicted molar refractivity (Wildman–Crippen MR) is 44.2 cm³/mol. The molecule has 1 rings (SSSR count). The van der Waals surface area contributed by atoms with Crippen LogP contribution < -0.4 is 4.72 Å². The second-order valence-electron chi connectivity index (χ2n) is 1.97. The van der Waals surface area contributed by atoms with Crippen LogP contribution in [0, 0.1) is 6.92 Å². The molecular formula is C5H7NO3S2. The fourth-order valence-electron chi connectivity index (χ4n) is 0.630. The molecule has 4 nitrogen and oxygen atoms in total. The van der Waals surface area contributed by atoms with E-state index in [0.29, 0.717) is 5.69 Å². The zero-order chi connectivity index (χ0) is 8.48. The van der Waals surface area contributed by atoms with Crippen LogP contribution in [0.4, 0.5) is 5.69 Å². The van der Waals surface area contributed by atoms with Crippen molar-refractivity contribution in [2.75, 3.05) is 4.72 Å². The Bertz CT molecular complexity index is 340. The van der Waals surface area contributed by atoms with Gasteiger partial charge in [-0.05, 0) is 18.4 Å². The first-order valence-electron chi connectivity index (χ1n) is 2.78. The number of nitrogens with one attached hydrogen (secondary N) is 1. The maximum Gasteiger partial charge on any atom is 0.357 e. The van der Waals surface area contributed by atoms with E-state index < -0.39 is 10.3 Å². The van der Waals surface area contributed by atoms with Gasteiger partial charge in [0.2, 0.25) is 0 Å². The van der Waals surface area contributed by atoms with Crippen LogP contribution >= 0.6 is 11.3 Å². The largest absolute Gasteiger partial charge is 0.357 e. The summed E-state index contributed by atoms with van der Waals surface area (Å²) in [5, 5.41) is 1.74. The van der Waals surface area contributed by atoms with Gasteiger partial charge in [0, 0.05) is 4.88 Å². The summed E-state index contributed by atoms with van der Waals surface area (Å²) in [4.78, 5) is 0.822. The number of hydrogen-bond acceptors (Lipinski definition) is 3. The molecule has 11 heavy (non-hydrogen) atoms. The molecule has 1 aromatic heterocycles. The fraction of sp³-hybridized carbons (Fsp3) is 0.200. The summed E-state index contributed by atoms with van der Waals surface area (Å²) in [5.74, 6) is 0. The molecule has 0 atom stereocenters. The summed E-state index contributed by atoms with van der Waals surface area (Å²) in [6, 6.07) is 1.59. The summed E-state index contributed by atoms with van der Waals surface area (Å²) < 4.78 is 30.9. The Morgan fingerprint density at radius 3 is 2.64 bits per heavy atom. The third kappa shape index (κ3) is 2.49. The summed E-state index contributed by atoms with van der Waals surface area (Å²) in [5.41, 5.74) is 0.428. The van der Waals surface area contributed by atoms with E-state index in [0.717, 1.165) is 4.88 Å². The molecule has 1 heterocycles. The highest BCUT2D eigenvalue weighted by molar-refractivity contribution is 7.87. The first-order valence-corrected chi connectivity index (χ1v) is 5.10. The van der Waals surface area contributed by atoms with Gasteiger partial charge in [-0.2, -0.15) is 8.42 Å². The summed E-state index contributed by atoms with van der Waals surface area (Å²) >= 11 is 1.41. The van der Waals surface area contributed by atoms with Crippen LogP contribution in [0.1, 0.15) is 4.88 Å². The van der Waals surface area contributed by atoms with Gasteiger partial charge in [-0.15, -0.1) is 11.3 Å². The molecule has 6 heteroatoms. The SMILES string of the molecule is Cc1sccc1NS(=O)(=O)O. The van der Waals surface area contributed by atoms with Gasteiger partial charge in [0.25, 0.3) is 0 Å². The third-order valence-electron chi connectivity index (χ3n) is 1.10. The van der Waals surface area contributed by atoms with Crippen LogP contribution in [-0.4, -0.2) is 13.0 Å². The molecule has 62 valence electrons. The summed E-state index contributed by atoms with van der Waals surface area (Å²) in [6.07, 6.45) is 0. The van der Waals surface area contributed by atoms with Gasteiger partial charge < -0.3 is 0 Å². The Morgan fingerprint density at radius 1 is 1.64 bits per heavy atom. The van der Waals surface area contributed by atoms with E-state index in [1.165, 1.54) is 11.3 Å². The van der Waals surface area contributed by atoms with Gasteiger partial charge in [-0.1, -0.05) is 0 Å². The first-order chi connectivity index (χ1) is 4.99. The van der Waals surface area contributed by atoms with E-state index in [-0.39, 0.29) is 0 Å². The van der Waals surface area contributed by atoms with Crippen LogP contribution in [0.5, 0.6) is 0 Å². The lowest BCUT2D eigenvalue weighted by molar-refractivity contribution is 0.489. The highest BCUT2D eigenvalue weighted by Crippen LogP contribution is 2.20. The van der Waals surface area contributed by atoms with Crippen LogP contribution in [0.3, 0.4) is 0 Å². The van der Waals surface area contributed by atoms with Crippen molar-refractivity contribution < 1.29 is 13.0 Å². The lowest BCUT2D eigenvalue weighted by atomic mass is 10.4. The predicted octanol–water partition coefficient (Wildman–Crippen LogP) is 1.27. The number of hydrogen-bond donors (Lipinski definition) is 2. The minimum absolute atomic E-state index is 0.428. The highest BCUT2D eigenvalue weighted by atomic mass is 32.2. The van der Waals surface area contributed by atoms with E-state index >= 15 is 0 Å². The van der Waals surface area contributed by atoms with Gasteiger partial charge in [0.1, 0.15) is 0 Å². The van der Waals surface area contributed by atoms with Crippen molar-refractivity contribution in [1.29, 1.82) is 0 Å². The molecule has 0 aliphatic rings. The summed E-state index contributed by atoms with van der Waals surface area (Å²) in [7, 11) is -4.11. The lowest BCUT2D eigenvalue weighted by Crippen LogP contribution is -2.10. The standard InChI is InChI=1S/C5H7NO3S2/c1-4-5(2-3-10-4)6-11(7,8)9/h2-3,6H,1H3,(H,7,8,9). The summed E-state index contributed by atoms with van der Waals surface area (Å²) in [6.45, 7) is 1.76. The zero-order valence-corrected chi connectivity index (χ0v) is 7.37. The Balaban J connectivity index is 2.89. The molecular weight excluding hydrogens is 186 g/mol. The average molecular weight is 193 g/mol. The van der Waals surface area contributed by atoms with Gasteiger partial charge in [-0.25, -0.2) is 0 Å². The monoisotopic (exact) mass is 193 g/mol. The van der Waals surface area contributed by atoms with Gasteiger partial charge >= 0.3 is 10.3 Å². The molecule has 0 amide bonds. The van der Waals surface area contributed by atoms with Crippen molar-refractivity contribution in [3.63, 3.8) is 0 Å². The molecule has 0 aliphatic heterocycles. The fourth-order valence-corrected chi connectivity index (χ4v) is 1.85. The topological polar surface area (TPSA) is 66.4 Å². The van der Waals surface area contributed by atoms with Crippen LogP contribution in [0.15, 0.2) is 11.4 Å². The molecule has 0 unspecified atom stereocenters. The van der Waals surface area contributed by atoms with Crippen molar-refractivity contribution in [3.8, 4) is 0 Å². The number of rotatable bonds is 2. The molecule has 0 radical (unpaired) electrons. The van der Waals surface area contributed by atoms with E-state index in [9.17, 15) is 8.42 Å². The quantitative estimate of drug-likeness (QED) is 0.695. The number of anilines is 1. The molecule has 0 spiro atoms. The van der Waals surface area contributed by atoms with Crippen LogP contribution in [0.2, 0.25) is 0 Å². The van der Waals surface area contributed by atoms with Crippen molar-refractivity contribution in [1.82, 2.24) is 0 Å². The average Bonchev–Trinajstić information content (AvgIpc) is 2.12. The Morgan fingerprint density at radius 2 is 2.27 bits per heavy atom. The Labute approximate surface area is 68.8 Å². The second kappa shape index (κ2) is 2.80. The molecule has 0 saturated carbocycles. The van der Waals surface area contributed by atoms with Gasteiger partial charge in [0.15, 0.2) is 0 Å². The number of aryl methyl sites for hydroxylation is 1. The minimum atomic E-state index is -4.11. The molecule has 1 aromatic rings. The molecule has 0 bridgehead atoms. The van der Waals surface area contributed by atoms with E-state index in [1.807, 2.05) is 4.72 Å². The Hall–Kier alpha value is -0.590. The lowest BCUT2D eigenvalue weighted by Gasteiger charge is -1.98.